The van der Waals surface area contributed by atoms with Gasteiger partial charge in [0, 0.05) is 31.5 Å². The fourth-order valence-electron chi connectivity index (χ4n) is 3.77. The number of nitrogens with one attached hydrogen (secondary N) is 1. The summed E-state index contributed by atoms with van der Waals surface area (Å²) in [6, 6.07) is 10.7. The van der Waals surface area contributed by atoms with Crippen LogP contribution in [0.3, 0.4) is 0 Å². The first-order chi connectivity index (χ1) is 12.2. The predicted octanol–water partition coefficient (Wildman–Crippen LogP) is 3.33. The quantitative estimate of drug-likeness (QED) is 0.797. The lowest BCUT2D eigenvalue weighted by molar-refractivity contribution is 0.0682. The van der Waals surface area contributed by atoms with Crippen molar-refractivity contribution in [3.05, 3.63) is 59.0 Å². The summed E-state index contributed by atoms with van der Waals surface area (Å²) < 4.78 is 9.72. The van der Waals surface area contributed by atoms with Crippen molar-refractivity contribution >= 4 is 11.0 Å². The van der Waals surface area contributed by atoms with Gasteiger partial charge < -0.3 is 13.9 Å². The molecule has 1 N–H and O–H groups in total. The third kappa shape index (κ3) is 2.78. The largest absolute Gasteiger partial charge is 0.381 e. The lowest BCUT2D eigenvalue weighted by atomic mass is 10.1. The van der Waals surface area contributed by atoms with Gasteiger partial charge in [0.25, 0.3) is 0 Å². The van der Waals surface area contributed by atoms with E-state index in [1.54, 1.807) is 0 Å². The van der Waals surface area contributed by atoms with Crippen LogP contribution in [0, 0.1) is 19.3 Å². The van der Waals surface area contributed by atoms with E-state index in [4.69, 9.17) is 15.1 Å². The number of hydrogen-bond acceptors (Lipinski definition) is 3. The Labute approximate surface area is 147 Å². The maximum Gasteiger partial charge on any atom is 0.146 e. The third-order valence-corrected chi connectivity index (χ3v) is 5.37. The molecule has 0 atom stereocenters. The molecule has 3 heterocycles. The number of benzene rings is 1. The summed E-state index contributed by atoms with van der Waals surface area (Å²) in [5.74, 6) is 0. The van der Waals surface area contributed by atoms with Crippen LogP contribution in [0.2, 0.25) is 0 Å². The van der Waals surface area contributed by atoms with E-state index in [0.717, 1.165) is 49.2 Å². The molecule has 5 heteroatoms. The highest BCUT2D eigenvalue weighted by molar-refractivity contribution is 5.80. The van der Waals surface area contributed by atoms with Crippen molar-refractivity contribution in [1.29, 1.82) is 5.41 Å². The van der Waals surface area contributed by atoms with Crippen molar-refractivity contribution < 1.29 is 4.74 Å². The summed E-state index contributed by atoms with van der Waals surface area (Å²) in [4.78, 5) is 4.76. The van der Waals surface area contributed by atoms with Crippen molar-refractivity contribution in [2.75, 3.05) is 13.2 Å². The van der Waals surface area contributed by atoms with Crippen LogP contribution in [0.5, 0.6) is 0 Å². The van der Waals surface area contributed by atoms with Crippen LogP contribution in [0.1, 0.15) is 35.7 Å². The highest BCUT2D eigenvalue weighted by Crippen LogP contribution is 2.24. The van der Waals surface area contributed by atoms with Crippen LogP contribution < -0.4 is 5.49 Å². The standard InChI is InChI=1S/C20H24N4O/c1-14-15(2)23(12-16-6-4-3-5-7-16)20-18(14)19(21)24(13-22-20)17-8-10-25-11-9-17/h3-7,13,17,21H,8-12H2,1-2H3. The van der Waals surface area contributed by atoms with Crippen LogP contribution in [0.15, 0.2) is 36.7 Å². The van der Waals surface area contributed by atoms with Crippen molar-refractivity contribution in [2.24, 2.45) is 0 Å². The second-order valence-electron chi connectivity index (χ2n) is 6.82. The van der Waals surface area contributed by atoms with Crippen LogP contribution in [-0.4, -0.2) is 27.3 Å². The first-order valence-electron chi connectivity index (χ1n) is 8.89. The third-order valence-electron chi connectivity index (χ3n) is 5.37. The van der Waals surface area contributed by atoms with Gasteiger partial charge >= 0.3 is 0 Å². The zero-order valence-electron chi connectivity index (χ0n) is 14.8. The molecule has 3 aromatic rings. The Bertz CT molecular complexity index is 949. The van der Waals surface area contributed by atoms with E-state index in [1.807, 2.05) is 17.0 Å². The van der Waals surface area contributed by atoms with Gasteiger partial charge in [0.15, 0.2) is 0 Å². The maximum atomic E-state index is 8.78. The molecule has 1 saturated heterocycles. The van der Waals surface area contributed by atoms with Crippen molar-refractivity contribution in [1.82, 2.24) is 14.1 Å². The SMILES string of the molecule is Cc1c(C)n(Cc2ccccc2)c2ncn(C3CCOCC3)c(=N)c12. The lowest BCUT2D eigenvalue weighted by Crippen LogP contribution is -2.29. The fraction of sp³-hybridized carbons (Fsp3) is 0.400. The molecule has 25 heavy (non-hydrogen) atoms. The zero-order chi connectivity index (χ0) is 17.4. The average Bonchev–Trinajstić information content (AvgIpc) is 2.89. The predicted molar refractivity (Wildman–Crippen MR) is 97.7 cm³/mol. The smallest absolute Gasteiger partial charge is 0.146 e. The van der Waals surface area contributed by atoms with E-state index in [9.17, 15) is 0 Å². The van der Waals surface area contributed by atoms with E-state index in [1.165, 1.54) is 11.3 Å². The first kappa shape index (κ1) is 16.1. The van der Waals surface area contributed by atoms with E-state index in [2.05, 4.69) is 42.7 Å². The summed E-state index contributed by atoms with van der Waals surface area (Å²) in [7, 11) is 0. The monoisotopic (exact) mass is 336 g/mol. The Hall–Kier alpha value is -2.40. The molecule has 0 spiro atoms. The van der Waals surface area contributed by atoms with Gasteiger partial charge in [0.05, 0.1) is 11.7 Å². The number of rotatable bonds is 3. The fourth-order valence-corrected chi connectivity index (χ4v) is 3.77. The Morgan fingerprint density at radius 3 is 2.60 bits per heavy atom. The normalized spacial score (nSPS) is 15.8. The van der Waals surface area contributed by atoms with Crippen molar-refractivity contribution in [2.45, 2.75) is 39.3 Å². The molecule has 0 unspecified atom stereocenters. The molecule has 5 nitrogen and oxygen atoms in total. The van der Waals surface area contributed by atoms with Gasteiger partial charge in [-0.3, -0.25) is 5.41 Å². The van der Waals surface area contributed by atoms with Gasteiger partial charge in [0.1, 0.15) is 11.1 Å². The minimum absolute atomic E-state index is 0.315. The maximum absolute atomic E-state index is 8.78. The van der Waals surface area contributed by atoms with Crippen LogP contribution in [0.4, 0.5) is 0 Å². The molecule has 4 rings (SSSR count). The van der Waals surface area contributed by atoms with Gasteiger partial charge in [-0.05, 0) is 37.8 Å². The Kier molecular flexibility index (Phi) is 4.17. The molecule has 130 valence electrons. The summed E-state index contributed by atoms with van der Waals surface area (Å²) >= 11 is 0. The molecule has 0 saturated carbocycles. The van der Waals surface area contributed by atoms with E-state index >= 15 is 0 Å². The van der Waals surface area contributed by atoms with Gasteiger partial charge in [-0.15, -0.1) is 0 Å². The minimum Gasteiger partial charge on any atom is -0.381 e. The second-order valence-corrected chi connectivity index (χ2v) is 6.82. The molecule has 0 radical (unpaired) electrons. The Balaban J connectivity index is 1.82. The molecule has 2 aromatic heterocycles. The van der Waals surface area contributed by atoms with E-state index in [0.29, 0.717) is 11.5 Å². The summed E-state index contributed by atoms with van der Waals surface area (Å²) in [6.45, 7) is 6.54. The van der Waals surface area contributed by atoms with Crippen molar-refractivity contribution in [3.63, 3.8) is 0 Å². The minimum atomic E-state index is 0.315. The van der Waals surface area contributed by atoms with Crippen molar-refractivity contribution in [3.8, 4) is 0 Å². The second kappa shape index (κ2) is 6.48. The molecule has 1 aliphatic rings. The van der Waals surface area contributed by atoms with Gasteiger partial charge in [0.2, 0.25) is 0 Å². The van der Waals surface area contributed by atoms with Crippen LogP contribution >= 0.6 is 0 Å². The van der Waals surface area contributed by atoms with Crippen LogP contribution in [-0.2, 0) is 11.3 Å². The molecule has 1 aromatic carbocycles. The molecule has 0 bridgehead atoms. The lowest BCUT2D eigenvalue weighted by Gasteiger charge is -2.24. The molecule has 0 amide bonds. The first-order valence-corrected chi connectivity index (χ1v) is 8.89. The number of hydrogen-bond donors (Lipinski definition) is 1. The van der Waals surface area contributed by atoms with E-state index in [-0.39, 0.29) is 0 Å². The number of fused-ring (bicyclic) bond motifs is 1. The number of aryl methyl sites for hydroxylation is 1. The number of ether oxygens (including phenoxy) is 1. The van der Waals surface area contributed by atoms with Gasteiger partial charge in [-0.1, -0.05) is 30.3 Å². The van der Waals surface area contributed by atoms with E-state index < -0.39 is 0 Å². The average molecular weight is 336 g/mol. The zero-order valence-corrected chi connectivity index (χ0v) is 14.8. The molecular weight excluding hydrogens is 312 g/mol. The summed E-state index contributed by atoms with van der Waals surface area (Å²) in [6.07, 6.45) is 3.75. The Morgan fingerprint density at radius 2 is 1.88 bits per heavy atom. The Morgan fingerprint density at radius 1 is 1.16 bits per heavy atom. The summed E-state index contributed by atoms with van der Waals surface area (Å²) in [5.41, 5.74) is 5.07. The molecule has 0 aliphatic carbocycles. The number of aromatic nitrogens is 3. The molecule has 1 fully saturated rings. The molecular formula is C20H24N4O. The molecule has 1 aliphatic heterocycles. The van der Waals surface area contributed by atoms with Gasteiger partial charge in [-0.25, -0.2) is 4.98 Å². The number of nitrogens with zero attached hydrogens (tertiary/aromatic N) is 3. The topological polar surface area (TPSA) is 55.8 Å². The van der Waals surface area contributed by atoms with Gasteiger partial charge in [-0.2, -0.15) is 0 Å². The highest BCUT2D eigenvalue weighted by Gasteiger charge is 2.20. The van der Waals surface area contributed by atoms with Crippen LogP contribution in [0.25, 0.3) is 11.0 Å². The summed E-state index contributed by atoms with van der Waals surface area (Å²) in [5, 5.41) is 9.75. The highest BCUT2D eigenvalue weighted by atomic mass is 16.5.